The quantitative estimate of drug-likeness (QED) is 0.384. The lowest BCUT2D eigenvalue weighted by molar-refractivity contribution is 0.162. The van der Waals surface area contributed by atoms with Gasteiger partial charge in [-0.1, -0.05) is 40.0 Å². The molecule has 11 heteroatoms. The molecule has 0 aliphatic carbocycles. The van der Waals surface area contributed by atoms with Gasteiger partial charge in [-0.2, -0.15) is 15.0 Å². The van der Waals surface area contributed by atoms with Crippen LogP contribution in [0.4, 0.5) is 9.59 Å². The molecule has 0 rings (SSSR count). The fraction of sp³-hybridized carbons (Fsp3) is 0.706. The van der Waals surface area contributed by atoms with Crippen molar-refractivity contribution in [2.24, 2.45) is 15.0 Å². The lowest BCUT2D eigenvalue weighted by Gasteiger charge is -2.28. The van der Waals surface area contributed by atoms with Crippen molar-refractivity contribution in [2.45, 2.75) is 77.8 Å². The van der Waals surface area contributed by atoms with E-state index in [-0.39, 0.29) is 6.42 Å². The molecule has 0 saturated heterocycles. The van der Waals surface area contributed by atoms with Crippen LogP contribution in [0, 0.1) is 0 Å². The molecule has 28 heavy (non-hydrogen) atoms. The number of aliphatic imine (C=N–C) groups is 3. The second kappa shape index (κ2) is 15.0. The monoisotopic (exact) mass is 394 g/mol. The third kappa shape index (κ3) is 9.00. The zero-order chi connectivity index (χ0) is 21.4. The van der Waals surface area contributed by atoms with Crippen molar-refractivity contribution in [3.63, 3.8) is 0 Å². The van der Waals surface area contributed by atoms with E-state index in [1.54, 1.807) is 6.92 Å². The van der Waals surface area contributed by atoms with Gasteiger partial charge < -0.3 is 10.6 Å². The van der Waals surface area contributed by atoms with Crippen LogP contribution in [0.25, 0.3) is 0 Å². The second-order valence-corrected chi connectivity index (χ2v) is 5.81. The van der Waals surface area contributed by atoms with Gasteiger partial charge in [0.2, 0.25) is 18.2 Å². The summed E-state index contributed by atoms with van der Waals surface area (Å²) in [6.07, 6.45) is 3.85. The topological polar surface area (TPSA) is 150 Å². The summed E-state index contributed by atoms with van der Waals surface area (Å²) >= 11 is 0. The number of urea groups is 2. The zero-order valence-electron chi connectivity index (χ0n) is 16.3. The molecule has 154 valence electrons. The summed E-state index contributed by atoms with van der Waals surface area (Å²) in [5.41, 5.74) is 0. The summed E-state index contributed by atoms with van der Waals surface area (Å²) in [4.78, 5) is 68.5. The number of carbonyl (C=O) groups excluding carboxylic acids is 5. The minimum Gasteiger partial charge on any atom is -0.315 e. The van der Waals surface area contributed by atoms with E-state index >= 15 is 0 Å². The highest BCUT2D eigenvalue weighted by molar-refractivity contribution is 5.94. The van der Waals surface area contributed by atoms with E-state index in [4.69, 9.17) is 0 Å². The zero-order valence-corrected chi connectivity index (χ0v) is 16.3. The van der Waals surface area contributed by atoms with Crippen LogP contribution in [0.3, 0.4) is 0 Å². The van der Waals surface area contributed by atoms with Gasteiger partial charge in [0.1, 0.15) is 18.5 Å². The highest BCUT2D eigenvalue weighted by atomic mass is 16.2. The third-order valence-electron chi connectivity index (χ3n) is 3.61. The van der Waals surface area contributed by atoms with E-state index in [1.807, 2.05) is 13.8 Å². The SMILES string of the molecule is CCCC(N=C=O)NC(=O)N(C(=O)NC(CCC)N=C=O)C(CCC)N=C=O. The molecular formula is C17H26N6O5. The normalized spacial score (nSPS) is 12.8. The summed E-state index contributed by atoms with van der Waals surface area (Å²) in [5.74, 6) is 0. The molecule has 0 spiro atoms. The van der Waals surface area contributed by atoms with Gasteiger partial charge in [0.15, 0.2) is 0 Å². The number of rotatable bonds is 12. The van der Waals surface area contributed by atoms with E-state index in [2.05, 4.69) is 25.6 Å². The molecule has 0 saturated carbocycles. The minimum absolute atomic E-state index is 0.209. The maximum atomic E-state index is 12.7. The van der Waals surface area contributed by atoms with Crippen molar-refractivity contribution >= 4 is 30.3 Å². The van der Waals surface area contributed by atoms with Gasteiger partial charge in [-0.05, 0) is 19.3 Å². The van der Waals surface area contributed by atoms with Gasteiger partial charge in [-0.15, -0.1) is 0 Å². The molecular weight excluding hydrogens is 368 g/mol. The first-order chi connectivity index (χ1) is 13.5. The Balaban J connectivity index is 5.73. The van der Waals surface area contributed by atoms with Gasteiger partial charge in [-0.25, -0.2) is 28.9 Å². The van der Waals surface area contributed by atoms with Crippen LogP contribution in [0.15, 0.2) is 15.0 Å². The molecule has 0 aromatic carbocycles. The van der Waals surface area contributed by atoms with Gasteiger partial charge in [-0.3, -0.25) is 0 Å². The molecule has 0 bridgehead atoms. The van der Waals surface area contributed by atoms with Crippen LogP contribution in [-0.4, -0.2) is 53.7 Å². The third-order valence-corrected chi connectivity index (χ3v) is 3.61. The van der Waals surface area contributed by atoms with E-state index in [0.29, 0.717) is 37.0 Å². The predicted molar refractivity (Wildman–Crippen MR) is 99.4 cm³/mol. The number of isocyanates is 3. The first kappa shape index (κ1) is 24.9. The highest BCUT2D eigenvalue weighted by Crippen LogP contribution is 2.12. The van der Waals surface area contributed by atoms with Crippen LogP contribution >= 0.6 is 0 Å². The first-order valence-electron chi connectivity index (χ1n) is 9.09. The molecule has 0 aliphatic heterocycles. The lowest BCUT2D eigenvalue weighted by atomic mass is 10.2. The highest BCUT2D eigenvalue weighted by Gasteiger charge is 2.32. The summed E-state index contributed by atoms with van der Waals surface area (Å²) in [6.45, 7) is 5.44. The minimum atomic E-state index is -1.12. The summed E-state index contributed by atoms with van der Waals surface area (Å²) in [7, 11) is 0. The Kier molecular flexibility index (Phi) is 13.3. The van der Waals surface area contributed by atoms with E-state index in [1.165, 1.54) is 18.2 Å². The number of carbonyl (C=O) groups is 2. The maximum absolute atomic E-state index is 12.7. The predicted octanol–water partition coefficient (Wildman–Crippen LogP) is 2.09. The average Bonchev–Trinajstić information content (AvgIpc) is 2.63. The maximum Gasteiger partial charge on any atom is 0.329 e. The van der Waals surface area contributed by atoms with Gasteiger partial charge >= 0.3 is 12.1 Å². The van der Waals surface area contributed by atoms with Crippen molar-refractivity contribution in [1.82, 2.24) is 15.5 Å². The van der Waals surface area contributed by atoms with Crippen molar-refractivity contribution in [1.29, 1.82) is 0 Å². The number of hydrogen-bond acceptors (Lipinski definition) is 8. The van der Waals surface area contributed by atoms with E-state index in [0.717, 1.165) is 0 Å². The Morgan fingerprint density at radius 3 is 1.46 bits per heavy atom. The van der Waals surface area contributed by atoms with Gasteiger partial charge in [0.05, 0.1) is 0 Å². The van der Waals surface area contributed by atoms with Crippen LogP contribution in [0.5, 0.6) is 0 Å². The van der Waals surface area contributed by atoms with Crippen LogP contribution in [0.1, 0.15) is 59.3 Å². The van der Waals surface area contributed by atoms with E-state index < -0.39 is 30.6 Å². The fourth-order valence-electron chi connectivity index (χ4n) is 2.37. The summed E-state index contributed by atoms with van der Waals surface area (Å²) in [6, 6.07) is -1.81. The molecule has 0 heterocycles. The molecule has 0 aromatic rings. The molecule has 2 N–H and O–H groups in total. The number of hydrogen-bond donors (Lipinski definition) is 2. The molecule has 0 aliphatic rings. The molecule has 4 amide bonds. The number of nitrogens with zero attached hydrogens (tertiary/aromatic N) is 4. The van der Waals surface area contributed by atoms with Crippen molar-refractivity contribution < 1.29 is 24.0 Å². The van der Waals surface area contributed by atoms with Gasteiger partial charge in [0, 0.05) is 0 Å². The van der Waals surface area contributed by atoms with Crippen molar-refractivity contribution in [2.75, 3.05) is 0 Å². The average molecular weight is 394 g/mol. The number of nitrogens with one attached hydrogen (secondary N) is 2. The smallest absolute Gasteiger partial charge is 0.315 e. The Morgan fingerprint density at radius 2 is 1.14 bits per heavy atom. The Bertz CT molecular complexity index is 608. The standard InChI is InChI=1S/C17H26N6O5/c1-4-7-13(18-10-24)21-16(27)23(15(9-6-3)20-12-26)17(28)22-14(8-5-2)19-11-25/h13-15H,4-9H2,1-3H3,(H,21,27)(H,22,28). The summed E-state index contributed by atoms with van der Waals surface area (Å²) in [5, 5.41) is 4.87. The number of amides is 4. The lowest BCUT2D eigenvalue weighted by Crippen LogP contribution is -2.55. The van der Waals surface area contributed by atoms with Crippen LogP contribution < -0.4 is 10.6 Å². The van der Waals surface area contributed by atoms with Gasteiger partial charge in [0.25, 0.3) is 0 Å². The van der Waals surface area contributed by atoms with E-state index in [9.17, 15) is 24.0 Å². The first-order valence-corrected chi connectivity index (χ1v) is 9.09. The molecule has 11 nitrogen and oxygen atoms in total. The van der Waals surface area contributed by atoms with Crippen LogP contribution in [0.2, 0.25) is 0 Å². The van der Waals surface area contributed by atoms with Crippen molar-refractivity contribution in [3.05, 3.63) is 0 Å². The Morgan fingerprint density at radius 1 is 0.750 bits per heavy atom. The molecule has 0 fully saturated rings. The fourth-order valence-corrected chi connectivity index (χ4v) is 2.37. The molecule has 0 radical (unpaired) electrons. The largest absolute Gasteiger partial charge is 0.329 e. The summed E-state index contributed by atoms with van der Waals surface area (Å²) < 4.78 is 0. The number of imide groups is 1. The second-order valence-electron chi connectivity index (χ2n) is 5.81. The Labute approximate surface area is 163 Å². The molecule has 3 atom stereocenters. The van der Waals surface area contributed by atoms with Crippen molar-refractivity contribution in [3.8, 4) is 0 Å². The molecule has 3 unspecified atom stereocenters. The Hall–Kier alpha value is -3.12. The molecule has 0 aromatic heterocycles. The van der Waals surface area contributed by atoms with Crippen LogP contribution in [-0.2, 0) is 14.4 Å².